The molecular formula is C22H19F2N3O. The Morgan fingerprint density at radius 2 is 1.75 bits per heavy atom. The molecule has 4 nitrogen and oxygen atoms in total. The Morgan fingerprint density at radius 3 is 2.43 bits per heavy atom. The van der Waals surface area contributed by atoms with Crippen LogP contribution in [0, 0.1) is 11.6 Å². The van der Waals surface area contributed by atoms with Crippen LogP contribution in [0.5, 0.6) is 0 Å². The molecule has 0 fully saturated rings. The number of aromatic nitrogens is 1. The van der Waals surface area contributed by atoms with Gasteiger partial charge in [0.1, 0.15) is 11.6 Å². The third kappa shape index (κ3) is 2.91. The third-order valence-corrected chi connectivity index (χ3v) is 5.07. The van der Waals surface area contributed by atoms with Crippen molar-refractivity contribution in [2.45, 2.75) is 13.0 Å². The smallest absolute Gasteiger partial charge is 0.250 e. The van der Waals surface area contributed by atoms with Gasteiger partial charge in [-0.2, -0.15) is 0 Å². The highest BCUT2D eigenvalue weighted by Crippen LogP contribution is 2.38. The van der Waals surface area contributed by atoms with E-state index in [-0.39, 0.29) is 17.4 Å². The van der Waals surface area contributed by atoms with E-state index in [0.717, 1.165) is 16.7 Å². The summed E-state index contributed by atoms with van der Waals surface area (Å²) in [6.07, 6.45) is 1.76. The molecule has 0 radical (unpaired) electrons. The fourth-order valence-corrected chi connectivity index (χ4v) is 3.57. The summed E-state index contributed by atoms with van der Waals surface area (Å²) >= 11 is 0. The van der Waals surface area contributed by atoms with Gasteiger partial charge in [0.2, 0.25) is 0 Å². The van der Waals surface area contributed by atoms with Gasteiger partial charge < -0.3 is 9.88 Å². The number of halogens is 2. The van der Waals surface area contributed by atoms with Crippen LogP contribution in [0.4, 0.5) is 14.5 Å². The zero-order valence-electron chi connectivity index (χ0n) is 15.8. The van der Waals surface area contributed by atoms with Gasteiger partial charge in [-0.3, -0.25) is 9.79 Å². The Kier molecular flexibility index (Phi) is 4.34. The summed E-state index contributed by atoms with van der Waals surface area (Å²) in [7, 11) is 3.34. The van der Waals surface area contributed by atoms with Crippen molar-refractivity contribution in [2.75, 3.05) is 12.4 Å². The van der Waals surface area contributed by atoms with Crippen molar-refractivity contribution in [1.82, 2.24) is 4.57 Å². The highest BCUT2D eigenvalue weighted by molar-refractivity contribution is 6.17. The lowest BCUT2D eigenvalue weighted by Crippen LogP contribution is -2.17. The van der Waals surface area contributed by atoms with Gasteiger partial charge in [0.15, 0.2) is 0 Å². The number of rotatable bonds is 2. The maximum Gasteiger partial charge on any atom is 0.250 e. The van der Waals surface area contributed by atoms with Crippen molar-refractivity contribution >= 4 is 11.4 Å². The average molecular weight is 379 g/mol. The molecule has 2 heterocycles. The Balaban J connectivity index is 2.08. The quantitative estimate of drug-likeness (QED) is 0.722. The van der Waals surface area contributed by atoms with Gasteiger partial charge >= 0.3 is 0 Å². The van der Waals surface area contributed by atoms with Crippen LogP contribution in [0.1, 0.15) is 29.7 Å². The molecular weight excluding hydrogens is 360 g/mol. The first-order chi connectivity index (χ1) is 13.4. The summed E-state index contributed by atoms with van der Waals surface area (Å²) in [6.45, 7) is 1.89. The van der Waals surface area contributed by atoms with Gasteiger partial charge in [-0.15, -0.1) is 0 Å². The number of nitrogens with zero attached hydrogens (tertiary/aromatic N) is 2. The van der Waals surface area contributed by atoms with Crippen LogP contribution in [-0.2, 0) is 7.05 Å². The number of pyridine rings is 1. The minimum Gasteiger partial charge on any atom is -0.386 e. The molecule has 0 spiro atoms. The highest BCUT2D eigenvalue weighted by atomic mass is 19.1. The topological polar surface area (TPSA) is 46.4 Å². The minimum absolute atomic E-state index is 0.136. The molecule has 1 aromatic heterocycles. The molecule has 0 saturated heterocycles. The molecule has 0 bridgehead atoms. The van der Waals surface area contributed by atoms with E-state index in [1.165, 1.54) is 22.8 Å². The summed E-state index contributed by atoms with van der Waals surface area (Å²) in [5.41, 5.74) is 4.43. The molecule has 2 aromatic carbocycles. The fraction of sp³-hybridized carbons (Fsp3) is 0.182. The van der Waals surface area contributed by atoms with E-state index in [9.17, 15) is 13.6 Å². The Hall–Kier alpha value is -3.28. The Morgan fingerprint density at radius 1 is 1.04 bits per heavy atom. The molecule has 1 aliphatic heterocycles. The highest BCUT2D eigenvalue weighted by Gasteiger charge is 2.25. The van der Waals surface area contributed by atoms with E-state index in [1.54, 1.807) is 44.6 Å². The monoisotopic (exact) mass is 379 g/mol. The maximum atomic E-state index is 14.6. The predicted octanol–water partition coefficient (Wildman–Crippen LogP) is 4.28. The van der Waals surface area contributed by atoms with Crippen LogP contribution in [0.25, 0.3) is 11.1 Å². The summed E-state index contributed by atoms with van der Waals surface area (Å²) in [4.78, 5) is 17.0. The van der Waals surface area contributed by atoms with Crippen LogP contribution in [0.2, 0.25) is 0 Å². The van der Waals surface area contributed by atoms with Crippen molar-refractivity contribution in [2.24, 2.45) is 12.0 Å². The molecule has 6 heteroatoms. The lowest BCUT2D eigenvalue weighted by Gasteiger charge is -2.15. The van der Waals surface area contributed by atoms with E-state index in [4.69, 9.17) is 4.99 Å². The maximum absolute atomic E-state index is 14.6. The average Bonchev–Trinajstić information content (AvgIpc) is 2.78. The van der Waals surface area contributed by atoms with E-state index in [1.807, 2.05) is 6.92 Å². The van der Waals surface area contributed by atoms with Gasteiger partial charge in [0.25, 0.3) is 5.56 Å². The SMILES string of the molecule is CNc1cc2c(cc1F)C(c1ccc(F)cc1)=N[C@@H](C)c1cc(=O)n(C)cc1-2. The first-order valence-electron chi connectivity index (χ1n) is 8.95. The molecule has 28 heavy (non-hydrogen) atoms. The minimum atomic E-state index is -0.406. The van der Waals surface area contributed by atoms with Gasteiger partial charge in [-0.25, -0.2) is 8.78 Å². The number of fused-ring (bicyclic) bond motifs is 3. The van der Waals surface area contributed by atoms with Gasteiger partial charge in [-0.1, -0.05) is 0 Å². The second-order valence-electron chi connectivity index (χ2n) is 6.88. The summed E-state index contributed by atoms with van der Waals surface area (Å²) < 4.78 is 29.6. The Labute approximate surface area is 161 Å². The molecule has 0 aliphatic carbocycles. The summed E-state index contributed by atoms with van der Waals surface area (Å²) in [6, 6.07) is 10.4. The molecule has 0 saturated carbocycles. The van der Waals surface area contributed by atoms with E-state index >= 15 is 0 Å². The van der Waals surface area contributed by atoms with E-state index in [0.29, 0.717) is 22.5 Å². The molecule has 0 unspecified atom stereocenters. The second-order valence-corrected chi connectivity index (χ2v) is 6.88. The number of benzene rings is 2. The van der Waals surface area contributed by atoms with Crippen LogP contribution >= 0.6 is 0 Å². The van der Waals surface area contributed by atoms with Crippen molar-refractivity contribution in [3.05, 3.63) is 87.3 Å². The Bertz CT molecular complexity index is 1160. The molecule has 4 rings (SSSR count). The lowest BCUT2D eigenvalue weighted by atomic mass is 9.91. The fourth-order valence-electron chi connectivity index (χ4n) is 3.57. The van der Waals surface area contributed by atoms with Crippen LogP contribution in [0.3, 0.4) is 0 Å². The standard InChI is InChI=1S/C22H19F2N3O/c1-12-15-10-21(28)27(3)11-18(15)16-9-20(25-2)19(24)8-17(16)22(26-12)13-4-6-14(23)7-5-13/h4-12,25H,1-3H3/t12-/m0/s1. The second kappa shape index (κ2) is 6.71. The third-order valence-electron chi connectivity index (χ3n) is 5.07. The zero-order valence-corrected chi connectivity index (χ0v) is 15.8. The summed E-state index contributed by atoms with van der Waals surface area (Å²) in [5.74, 6) is -0.758. The number of aryl methyl sites for hydroxylation is 1. The number of hydrogen-bond donors (Lipinski definition) is 1. The van der Waals surface area contributed by atoms with Crippen LogP contribution in [0.15, 0.2) is 58.4 Å². The van der Waals surface area contributed by atoms with Crippen molar-refractivity contribution in [3.8, 4) is 11.1 Å². The first kappa shape index (κ1) is 18.1. The number of hydrogen-bond acceptors (Lipinski definition) is 3. The summed E-state index contributed by atoms with van der Waals surface area (Å²) in [5, 5.41) is 2.86. The number of nitrogens with one attached hydrogen (secondary N) is 1. The lowest BCUT2D eigenvalue weighted by molar-refractivity contribution is 0.627. The van der Waals surface area contributed by atoms with Gasteiger partial charge in [0.05, 0.1) is 17.4 Å². The van der Waals surface area contributed by atoms with Crippen molar-refractivity contribution < 1.29 is 8.78 Å². The van der Waals surface area contributed by atoms with Gasteiger partial charge in [-0.05, 0) is 54.4 Å². The van der Waals surface area contributed by atoms with Crippen LogP contribution < -0.4 is 10.9 Å². The molecule has 3 aromatic rings. The molecule has 1 atom stereocenters. The molecule has 1 aliphatic rings. The number of anilines is 1. The van der Waals surface area contributed by atoms with Crippen molar-refractivity contribution in [3.63, 3.8) is 0 Å². The van der Waals surface area contributed by atoms with Gasteiger partial charge in [0, 0.05) is 43.0 Å². The molecule has 142 valence electrons. The van der Waals surface area contributed by atoms with Crippen LogP contribution in [-0.4, -0.2) is 17.3 Å². The largest absolute Gasteiger partial charge is 0.386 e. The zero-order chi connectivity index (χ0) is 20.0. The van der Waals surface area contributed by atoms with E-state index in [2.05, 4.69) is 5.32 Å². The van der Waals surface area contributed by atoms with Crippen molar-refractivity contribution in [1.29, 1.82) is 0 Å². The first-order valence-corrected chi connectivity index (χ1v) is 8.95. The predicted molar refractivity (Wildman–Crippen MR) is 107 cm³/mol. The molecule has 0 amide bonds. The normalized spacial score (nSPS) is 15.3. The molecule has 1 N–H and O–H groups in total. The van der Waals surface area contributed by atoms with E-state index < -0.39 is 5.82 Å². The number of aliphatic imine (C=N–C) groups is 1.